The van der Waals surface area contributed by atoms with Crippen LogP contribution in [0, 0.1) is 11.6 Å². The van der Waals surface area contributed by atoms with Crippen molar-refractivity contribution < 1.29 is 27.8 Å². The van der Waals surface area contributed by atoms with Crippen molar-refractivity contribution in [1.29, 1.82) is 0 Å². The molecule has 0 heterocycles. The van der Waals surface area contributed by atoms with E-state index < -0.39 is 29.7 Å². The van der Waals surface area contributed by atoms with Gasteiger partial charge in [0.05, 0.1) is 7.11 Å². The van der Waals surface area contributed by atoms with E-state index in [0.717, 1.165) is 26.2 Å². The fourth-order valence-corrected chi connectivity index (χ4v) is 1.25. The zero-order chi connectivity index (χ0) is 13.0. The fraction of sp³-hybridized carbons (Fsp3) is 0.273. The van der Waals surface area contributed by atoms with Crippen molar-refractivity contribution in [2.45, 2.75) is 13.0 Å². The van der Waals surface area contributed by atoms with Crippen molar-refractivity contribution in [3.63, 3.8) is 0 Å². The van der Waals surface area contributed by atoms with Gasteiger partial charge in [-0.05, 0) is 12.1 Å². The van der Waals surface area contributed by atoms with Gasteiger partial charge in [0.25, 0.3) is 0 Å². The molecule has 0 spiro atoms. The quantitative estimate of drug-likeness (QED) is 0.760. The number of ether oxygens (including phenoxy) is 2. The fourth-order valence-electron chi connectivity index (χ4n) is 1.25. The van der Waals surface area contributed by atoms with Crippen LogP contribution in [0.4, 0.5) is 8.78 Å². The van der Waals surface area contributed by atoms with Gasteiger partial charge in [-0.2, -0.15) is 0 Å². The van der Waals surface area contributed by atoms with Crippen molar-refractivity contribution in [2.24, 2.45) is 0 Å². The standard InChI is InChI=1S/C11H10F2O4/c1-6(14)17-10(11(15)16-2)7-3-8(12)5-9(13)4-7/h3-5,10H,1-2H3/t10-/m0/s1. The molecule has 0 N–H and O–H groups in total. The van der Waals surface area contributed by atoms with Gasteiger partial charge < -0.3 is 9.47 Å². The van der Waals surface area contributed by atoms with Gasteiger partial charge >= 0.3 is 11.9 Å². The molecule has 0 amide bonds. The molecule has 4 nitrogen and oxygen atoms in total. The highest BCUT2D eigenvalue weighted by atomic mass is 19.1. The molecule has 0 aliphatic rings. The van der Waals surface area contributed by atoms with E-state index in [2.05, 4.69) is 9.47 Å². The van der Waals surface area contributed by atoms with Crippen LogP contribution in [0.5, 0.6) is 0 Å². The first-order chi connectivity index (χ1) is 7.93. The SMILES string of the molecule is COC(=O)[C@@H](OC(C)=O)c1cc(F)cc(F)c1. The predicted molar refractivity (Wildman–Crippen MR) is 52.9 cm³/mol. The number of hydrogen-bond acceptors (Lipinski definition) is 4. The van der Waals surface area contributed by atoms with Crippen LogP contribution in [0.25, 0.3) is 0 Å². The summed E-state index contributed by atoms with van der Waals surface area (Å²) in [6.07, 6.45) is -1.47. The lowest BCUT2D eigenvalue weighted by molar-refractivity contribution is -0.165. The number of rotatable bonds is 3. The number of hydrogen-bond donors (Lipinski definition) is 0. The van der Waals surface area contributed by atoms with Crippen LogP contribution in [0.1, 0.15) is 18.6 Å². The summed E-state index contributed by atoms with van der Waals surface area (Å²) in [5, 5.41) is 0. The van der Waals surface area contributed by atoms with Gasteiger partial charge in [0, 0.05) is 18.6 Å². The Hall–Kier alpha value is -1.98. The molecular formula is C11H10F2O4. The molecule has 92 valence electrons. The molecule has 0 radical (unpaired) electrons. The Bertz CT molecular complexity index is 425. The van der Waals surface area contributed by atoms with E-state index in [4.69, 9.17) is 0 Å². The molecule has 0 aliphatic heterocycles. The molecule has 0 saturated carbocycles. The van der Waals surface area contributed by atoms with Gasteiger partial charge in [0.2, 0.25) is 6.10 Å². The molecule has 0 unspecified atom stereocenters. The zero-order valence-electron chi connectivity index (χ0n) is 9.20. The Labute approximate surface area is 96.1 Å². The van der Waals surface area contributed by atoms with E-state index in [-0.39, 0.29) is 5.56 Å². The summed E-state index contributed by atoms with van der Waals surface area (Å²) < 4.78 is 35.0. The number of benzene rings is 1. The van der Waals surface area contributed by atoms with E-state index in [1.165, 1.54) is 0 Å². The second-order valence-electron chi connectivity index (χ2n) is 3.22. The summed E-state index contributed by atoms with van der Waals surface area (Å²) in [5.41, 5.74) is -0.121. The largest absolute Gasteiger partial charge is 0.466 e. The second-order valence-corrected chi connectivity index (χ2v) is 3.22. The van der Waals surface area contributed by atoms with Crippen LogP contribution in [-0.2, 0) is 19.1 Å². The maximum absolute atomic E-state index is 13.0. The monoisotopic (exact) mass is 244 g/mol. The van der Waals surface area contributed by atoms with Crippen molar-refractivity contribution in [1.82, 2.24) is 0 Å². The first kappa shape index (κ1) is 13.1. The topological polar surface area (TPSA) is 52.6 Å². The summed E-state index contributed by atoms with van der Waals surface area (Å²) in [4.78, 5) is 22.1. The Morgan fingerprint density at radius 1 is 1.18 bits per heavy atom. The normalized spacial score (nSPS) is 11.8. The van der Waals surface area contributed by atoms with Gasteiger partial charge in [-0.15, -0.1) is 0 Å². The molecule has 1 atom stereocenters. The van der Waals surface area contributed by atoms with Crippen molar-refractivity contribution >= 4 is 11.9 Å². The molecule has 17 heavy (non-hydrogen) atoms. The molecule has 0 aliphatic carbocycles. The third-order valence-corrected chi connectivity index (χ3v) is 1.89. The Balaban J connectivity index is 3.11. The van der Waals surface area contributed by atoms with Gasteiger partial charge in [0.1, 0.15) is 11.6 Å². The third-order valence-electron chi connectivity index (χ3n) is 1.89. The molecule has 1 aromatic rings. The lowest BCUT2D eigenvalue weighted by atomic mass is 10.1. The van der Waals surface area contributed by atoms with E-state index >= 15 is 0 Å². The second kappa shape index (κ2) is 5.38. The van der Waals surface area contributed by atoms with Gasteiger partial charge in [-0.3, -0.25) is 4.79 Å². The molecule has 0 saturated heterocycles. The highest BCUT2D eigenvalue weighted by molar-refractivity contribution is 5.80. The van der Waals surface area contributed by atoms with E-state index in [1.54, 1.807) is 0 Å². The highest BCUT2D eigenvalue weighted by Gasteiger charge is 2.25. The zero-order valence-corrected chi connectivity index (χ0v) is 9.20. The molecule has 0 aromatic heterocycles. The number of methoxy groups -OCH3 is 1. The number of halogens is 2. The van der Waals surface area contributed by atoms with E-state index in [9.17, 15) is 18.4 Å². The number of esters is 2. The first-order valence-corrected chi connectivity index (χ1v) is 4.65. The molecule has 0 fully saturated rings. The van der Waals surface area contributed by atoms with Crippen molar-refractivity contribution in [3.05, 3.63) is 35.4 Å². The molecule has 1 aromatic carbocycles. The van der Waals surface area contributed by atoms with Crippen molar-refractivity contribution in [2.75, 3.05) is 7.11 Å². The molecular weight excluding hydrogens is 234 g/mol. The van der Waals surface area contributed by atoms with Crippen molar-refractivity contribution in [3.8, 4) is 0 Å². The molecule has 0 bridgehead atoms. The smallest absolute Gasteiger partial charge is 0.351 e. The van der Waals surface area contributed by atoms with Crippen LogP contribution in [-0.4, -0.2) is 19.0 Å². The average Bonchev–Trinajstić information content (AvgIpc) is 2.23. The third kappa shape index (κ3) is 3.51. The summed E-state index contributed by atoms with van der Waals surface area (Å²) in [6.45, 7) is 1.07. The Morgan fingerprint density at radius 3 is 2.12 bits per heavy atom. The average molecular weight is 244 g/mol. The van der Waals surface area contributed by atoms with Crippen LogP contribution in [0.15, 0.2) is 18.2 Å². The Morgan fingerprint density at radius 2 is 1.71 bits per heavy atom. The van der Waals surface area contributed by atoms with E-state index in [1.807, 2.05) is 0 Å². The van der Waals surface area contributed by atoms with Gasteiger partial charge in [0.15, 0.2) is 0 Å². The van der Waals surface area contributed by atoms with Crippen LogP contribution < -0.4 is 0 Å². The minimum absolute atomic E-state index is 0.121. The highest BCUT2D eigenvalue weighted by Crippen LogP contribution is 2.21. The Kier molecular flexibility index (Phi) is 4.14. The van der Waals surface area contributed by atoms with Gasteiger partial charge in [-0.25, -0.2) is 13.6 Å². The summed E-state index contributed by atoms with van der Waals surface area (Å²) in [7, 11) is 1.08. The first-order valence-electron chi connectivity index (χ1n) is 4.65. The van der Waals surface area contributed by atoms with Crippen LogP contribution in [0.3, 0.4) is 0 Å². The number of carbonyl (C=O) groups is 2. The molecule has 1 rings (SSSR count). The summed E-state index contributed by atoms with van der Waals surface area (Å²) >= 11 is 0. The van der Waals surface area contributed by atoms with E-state index in [0.29, 0.717) is 6.07 Å². The maximum Gasteiger partial charge on any atom is 0.351 e. The van der Waals surface area contributed by atoms with Gasteiger partial charge in [-0.1, -0.05) is 0 Å². The summed E-state index contributed by atoms with van der Waals surface area (Å²) in [5.74, 6) is -3.42. The summed E-state index contributed by atoms with van der Waals surface area (Å²) in [6, 6.07) is 2.44. The predicted octanol–water partition coefficient (Wildman–Crippen LogP) is 1.74. The minimum Gasteiger partial charge on any atom is -0.466 e. The minimum atomic E-state index is -1.47. The van der Waals surface area contributed by atoms with Crippen LogP contribution >= 0.6 is 0 Å². The van der Waals surface area contributed by atoms with Crippen LogP contribution in [0.2, 0.25) is 0 Å². The lowest BCUT2D eigenvalue weighted by Crippen LogP contribution is -2.20. The molecule has 6 heteroatoms. The number of carbonyl (C=O) groups excluding carboxylic acids is 2. The lowest BCUT2D eigenvalue weighted by Gasteiger charge is -2.14. The maximum atomic E-state index is 13.0.